The maximum atomic E-state index is 11.4. The van der Waals surface area contributed by atoms with Crippen molar-refractivity contribution in [2.45, 2.75) is 38.0 Å². The fourth-order valence-corrected chi connectivity index (χ4v) is 3.54. The summed E-state index contributed by atoms with van der Waals surface area (Å²) in [5.74, 6) is 0. The van der Waals surface area contributed by atoms with Crippen LogP contribution >= 0.6 is 11.6 Å². The lowest BCUT2D eigenvalue weighted by Gasteiger charge is -2.29. The molecule has 0 saturated heterocycles. The lowest BCUT2D eigenvalue weighted by molar-refractivity contribution is 0.0912. The molecule has 1 aliphatic carbocycles. The first-order chi connectivity index (χ1) is 8.82. The molecule has 2 N–H and O–H groups in total. The maximum absolute atomic E-state index is 11.4. The highest BCUT2D eigenvalue weighted by molar-refractivity contribution is 7.83. The first-order valence-electron chi connectivity index (χ1n) is 6.01. The minimum atomic E-state index is -4.34. The van der Waals surface area contributed by atoms with Crippen molar-refractivity contribution in [3.05, 3.63) is 34.9 Å². The second kappa shape index (κ2) is 5.38. The molecule has 1 aromatic rings. The summed E-state index contributed by atoms with van der Waals surface area (Å²) in [5.41, 5.74) is 0.450. The summed E-state index contributed by atoms with van der Waals surface area (Å²) in [4.78, 5) is 0. The third kappa shape index (κ3) is 3.27. The van der Waals surface area contributed by atoms with Gasteiger partial charge in [0, 0.05) is 16.6 Å². The van der Waals surface area contributed by atoms with Crippen LogP contribution in [0.4, 0.5) is 0 Å². The summed E-state index contributed by atoms with van der Waals surface area (Å²) in [6.45, 7) is 1.56. The van der Waals surface area contributed by atoms with E-state index >= 15 is 0 Å². The standard InChI is InChI=1S/C12H16ClNO4S/c1-8(14(9-6-7-9)19(16,17)18)12(15)10-4-2-3-5-11(10)13/h2-5,8-9,12,15H,6-7H2,1H3,(H,16,17,18)/t8-,12+/m1/s1. The number of hydrogen-bond donors (Lipinski definition) is 2. The van der Waals surface area contributed by atoms with Crippen LogP contribution < -0.4 is 0 Å². The van der Waals surface area contributed by atoms with Crippen LogP contribution in [0.3, 0.4) is 0 Å². The van der Waals surface area contributed by atoms with Crippen molar-refractivity contribution < 1.29 is 18.1 Å². The molecule has 106 valence electrons. The van der Waals surface area contributed by atoms with Gasteiger partial charge >= 0.3 is 10.3 Å². The summed E-state index contributed by atoms with van der Waals surface area (Å²) >= 11 is 5.99. The molecule has 1 aliphatic rings. The van der Waals surface area contributed by atoms with Gasteiger partial charge in [0.1, 0.15) is 0 Å². The zero-order valence-corrected chi connectivity index (χ0v) is 12.0. The van der Waals surface area contributed by atoms with Crippen molar-refractivity contribution in [1.82, 2.24) is 4.31 Å². The van der Waals surface area contributed by atoms with Gasteiger partial charge in [-0.15, -0.1) is 0 Å². The van der Waals surface area contributed by atoms with Crippen molar-refractivity contribution in [2.24, 2.45) is 0 Å². The summed E-state index contributed by atoms with van der Waals surface area (Å²) in [6.07, 6.45) is 0.301. The molecular weight excluding hydrogens is 290 g/mol. The van der Waals surface area contributed by atoms with E-state index in [1.165, 1.54) is 0 Å². The lowest BCUT2D eigenvalue weighted by Crippen LogP contribution is -2.43. The van der Waals surface area contributed by atoms with Gasteiger partial charge in [-0.25, -0.2) is 0 Å². The summed E-state index contributed by atoms with van der Waals surface area (Å²) in [6, 6.07) is 5.70. The molecule has 0 spiro atoms. The number of benzene rings is 1. The fourth-order valence-electron chi connectivity index (χ4n) is 2.17. The van der Waals surface area contributed by atoms with Gasteiger partial charge in [0.25, 0.3) is 0 Å². The molecule has 19 heavy (non-hydrogen) atoms. The van der Waals surface area contributed by atoms with E-state index in [1.54, 1.807) is 31.2 Å². The molecule has 0 aromatic heterocycles. The van der Waals surface area contributed by atoms with Gasteiger partial charge in [-0.3, -0.25) is 4.55 Å². The van der Waals surface area contributed by atoms with E-state index in [2.05, 4.69) is 0 Å². The Labute approximate surface area is 117 Å². The van der Waals surface area contributed by atoms with Crippen molar-refractivity contribution in [2.75, 3.05) is 0 Å². The zero-order valence-electron chi connectivity index (χ0n) is 10.4. The molecule has 2 atom stereocenters. The molecule has 2 rings (SSSR count). The predicted molar refractivity (Wildman–Crippen MR) is 72.3 cm³/mol. The second-order valence-electron chi connectivity index (χ2n) is 4.75. The van der Waals surface area contributed by atoms with Crippen LogP contribution in [0.1, 0.15) is 31.4 Å². The molecule has 0 radical (unpaired) electrons. The number of rotatable bonds is 5. The minimum absolute atomic E-state index is 0.234. The summed E-state index contributed by atoms with van der Waals surface area (Å²) in [5, 5.41) is 10.6. The smallest absolute Gasteiger partial charge is 0.336 e. The van der Waals surface area contributed by atoms with Gasteiger partial charge in [0.2, 0.25) is 0 Å². The predicted octanol–water partition coefficient (Wildman–Crippen LogP) is 2.03. The molecule has 0 amide bonds. The number of nitrogens with zero attached hydrogens (tertiary/aromatic N) is 1. The van der Waals surface area contributed by atoms with Gasteiger partial charge < -0.3 is 5.11 Å². The Morgan fingerprint density at radius 3 is 2.42 bits per heavy atom. The van der Waals surface area contributed by atoms with Crippen molar-refractivity contribution in [3.8, 4) is 0 Å². The van der Waals surface area contributed by atoms with Gasteiger partial charge in [0.15, 0.2) is 0 Å². The number of hydrogen-bond acceptors (Lipinski definition) is 3. The SMILES string of the molecule is C[C@H]([C@H](O)c1ccccc1Cl)N(C1CC1)S(=O)(=O)O. The minimum Gasteiger partial charge on any atom is -0.387 e. The average molecular weight is 306 g/mol. The van der Waals surface area contributed by atoms with Crippen LogP contribution in [0.2, 0.25) is 5.02 Å². The molecule has 0 unspecified atom stereocenters. The van der Waals surface area contributed by atoms with E-state index in [9.17, 15) is 18.1 Å². The molecule has 0 aliphatic heterocycles. The first kappa shape index (κ1) is 14.7. The Bertz CT molecular complexity index is 559. The normalized spacial score (nSPS) is 19.4. The Morgan fingerprint density at radius 2 is 1.95 bits per heavy atom. The van der Waals surface area contributed by atoms with Crippen LogP contribution in [0.25, 0.3) is 0 Å². The highest BCUT2D eigenvalue weighted by Crippen LogP contribution is 2.35. The van der Waals surface area contributed by atoms with Crippen LogP contribution in [-0.4, -0.2) is 34.5 Å². The van der Waals surface area contributed by atoms with Gasteiger partial charge in [0.05, 0.1) is 12.1 Å². The molecule has 1 aromatic carbocycles. The maximum Gasteiger partial charge on any atom is 0.336 e. The topological polar surface area (TPSA) is 77.8 Å². The molecular formula is C12H16ClNO4S. The van der Waals surface area contributed by atoms with E-state index in [0.29, 0.717) is 23.4 Å². The van der Waals surface area contributed by atoms with E-state index < -0.39 is 22.4 Å². The Balaban J connectivity index is 2.27. The van der Waals surface area contributed by atoms with E-state index in [1.807, 2.05) is 0 Å². The summed E-state index contributed by atoms with van der Waals surface area (Å²) in [7, 11) is -4.34. The molecule has 0 bridgehead atoms. The van der Waals surface area contributed by atoms with Gasteiger partial charge in [-0.05, 0) is 25.8 Å². The number of halogens is 1. The van der Waals surface area contributed by atoms with Crippen molar-refractivity contribution >= 4 is 21.9 Å². The molecule has 1 fully saturated rings. The van der Waals surface area contributed by atoms with E-state index in [4.69, 9.17) is 11.6 Å². The molecule has 5 nitrogen and oxygen atoms in total. The Morgan fingerprint density at radius 1 is 1.37 bits per heavy atom. The van der Waals surface area contributed by atoms with Crippen LogP contribution in [0.5, 0.6) is 0 Å². The van der Waals surface area contributed by atoms with Crippen LogP contribution in [0.15, 0.2) is 24.3 Å². The van der Waals surface area contributed by atoms with Gasteiger partial charge in [-0.2, -0.15) is 12.7 Å². The van der Waals surface area contributed by atoms with Gasteiger partial charge in [-0.1, -0.05) is 29.8 Å². The Kier molecular flexibility index (Phi) is 4.17. The second-order valence-corrected chi connectivity index (χ2v) is 6.47. The average Bonchev–Trinajstić information content (AvgIpc) is 3.11. The fraction of sp³-hybridized carbons (Fsp3) is 0.500. The third-order valence-corrected chi connectivity index (χ3v) is 4.76. The third-order valence-electron chi connectivity index (χ3n) is 3.26. The monoisotopic (exact) mass is 305 g/mol. The van der Waals surface area contributed by atoms with Crippen LogP contribution in [0, 0.1) is 0 Å². The number of aliphatic hydroxyl groups excluding tert-OH is 1. The molecule has 7 heteroatoms. The largest absolute Gasteiger partial charge is 0.387 e. The highest BCUT2D eigenvalue weighted by atomic mass is 35.5. The summed E-state index contributed by atoms with van der Waals surface area (Å²) < 4.78 is 33.1. The molecule has 0 heterocycles. The first-order valence-corrected chi connectivity index (χ1v) is 7.78. The molecule has 1 saturated carbocycles. The zero-order chi connectivity index (χ0) is 14.2. The quantitative estimate of drug-likeness (QED) is 0.816. The Hall–Kier alpha value is -0.660. The number of aliphatic hydroxyl groups is 1. The lowest BCUT2D eigenvalue weighted by atomic mass is 10.0. The van der Waals surface area contributed by atoms with E-state index in [0.717, 1.165) is 4.31 Å². The highest BCUT2D eigenvalue weighted by Gasteiger charge is 2.42. The van der Waals surface area contributed by atoms with Crippen molar-refractivity contribution in [3.63, 3.8) is 0 Å². The van der Waals surface area contributed by atoms with Crippen molar-refractivity contribution in [1.29, 1.82) is 0 Å². The van der Waals surface area contributed by atoms with Crippen LogP contribution in [-0.2, 0) is 10.3 Å². The van der Waals surface area contributed by atoms with E-state index in [-0.39, 0.29) is 6.04 Å².